The molecule has 90 valence electrons. The van der Waals surface area contributed by atoms with Crippen molar-refractivity contribution in [2.24, 2.45) is 5.92 Å². The number of hydrogen-bond donors (Lipinski definition) is 0. The zero-order valence-electron chi connectivity index (χ0n) is 10.3. The van der Waals surface area contributed by atoms with Gasteiger partial charge in [0.25, 0.3) is 0 Å². The number of sulfone groups is 1. The van der Waals surface area contributed by atoms with Crippen LogP contribution in [-0.4, -0.2) is 31.1 Å². The van der Waals surface area contributed by atoms with E-state index >= 15 is 0 Å². The third kappa shape index (κ3) is 2.94. The highest BCUT2D eigenvalue weighted by Crippen LogP contribution is 2.33. The van der Waals surface area contributed by atoms with E-state index < -0.39 is 9.84 Å². The summed E-state index contributed by atoms with van der Waals surface area (Å²) >= 11 is 0. The molecule has 1 rings (SSSR count). The van der Waals surface area contributed by atoms with Crippen molar-refractivity contribution in [2.75, 3.05) is 5.75 Å². The third-order valence-corrected chi connectivity index (χ3v) is 5.42. The van der Waals surface area contributed by atoms with Crippen LogP contribution < -0.4 is 0 Å². The molecule has 0 saturated carbocycles. The Hall–Kier alpha value is -0.0900. The molecule has 0 aromatic carbocycles. The molecule has 15 heavy (non-hydrogen) atoms. The molecular formula is C11H22O3S. The highest BCUT2D eigenvalue weighted by atomic mass is 32.2. The Morgan fingerprint density at radius 1 is 1.33 bits per heavy atom. The van der Waals surface area contributed by atoms with Crippen molar-refractivity contribution in [3.8, 4) is 0 Å². The standard InChI is InChI=1S/C11H22O3S/c1-6-10-8(2)9(7-15(10,12)13)14-11(3,4)5/h8-10H,6-7H2,1-5H3. The minimum atomic E-state index is -2.93. The lowest BCUT2D eigenvalue weighted by Crippen LogP contribution is -2.32. The third-order valence-electron chi connectivity index (χ3n) is 2.94. The monoisotopic (exact) mass is 234 g/mol. The molecule has 0 radical (unpaired) electrons. The first kappa shape index (κ1) is 13.0. The highest BCUT2D eigenvalue weighted by Gasteiger charge is 2.45. The second-order valence-electron chi connectivity index (χ2n) is 5.40. The van der Waals surface area contributed by atoms with Gasteiger partial charge in [-0.2, -0.15) is 0 Å². The van der Waals surface area contributed by atoms with Crippen LogP contribution in [0.4, 0.5) is 0 Å². The summed E-state index contributed by atoms with van der Waals surface area (Å²) in [6.45, 7) is 9.80. The molecule has 3 unspecified atom stereocenters. The normalized spacial score (nSPS) is 35.7. The van der Waals surface area contributed by atoms with E-state index in [0.717, 1.165) is 0 Å². The molecule has 1 heterocycles. The van der Waals surface area contributed by atoms with Gasteiger partial charge >= 0.3 is 0 Å². The fourth-order valence-corrected chi connectivity index (χ4v) is 4.71. The van der Waals surface area contributed by atoms with Gasteiger partial charge in [0.05, 0.1) is 22.7 Å². The molecule has 1 saturated heterocycles. The molecular weight excluding hydrogens is 212 g/mol. The van der Waals surface area contributed by atoms with Crippen LogP contribution in [0, 0.1) is 5.92 Å². The lowest BCUT2D eigenvalue weighted by Gasteiger charge is -2.27. The fraction of sp³-hybridized carbons (Fsp3) is 1.00. The van der Waals surface area contributed by atoms with E-state index in [1.165, 1.54) is 0 Å². The molecule has 0 aliphatic carbocycles. The van der Waals surface area contributed by atoms with E-state index in [1.54, 1.807) is 0 Å². The molecule has 3 nitrogen and oxygen atoms in total. The van der Waals surface area contributed by atoms with Gasteiger partial charge in [0.15, 0.2) is 9.84 Å². The Morgan fingerprint density at radius 2 is 1.87 bits per heavy atom. The van der Waals surface area contributed by atoms with E-state index in [9.17, 15) is 8.42 Å². The van der Waals surface area contributed by atoms with Crippen molar-refractivity contribution in [3.05, 3.63) is 0 Å². The minimum Gasteiger partial charge on any atom is -0.371 e. The van der Waals surface area contributed by atoms with E-state index in [-0.39, 0.29) is 28.6 Å². The van der Waals surface area contributed by atoms with Crippen LogP contribution in [0.5, 0.6) is 0 Å². The van der Waals surface area contributed by atoms with Crippen LogP contribution >= 0.6 is 0 Å². The van der Waals surface area contributed by atoms with Crippen LogP contribution in [0.25, 0.3) is 0 Å². The van der Waals surface area contributed by atoms with Crippen molar-refractivity contribution in [1.82, 2.24) is 0 Å². The molecule has 0 bridgehead atoms. The van der Waals surface area contributed by atoms with Gasteiger partial charge in [0.2, 0.25) is 0 Å². The summed E-state index contributed by atoms with van der Waals surface area (Å²) in [4.78, 5) is 0. The molecule has 0 aromatic rings. The van der Waals surface area contributed by atoms with Gasteiger partial charge in [-0.1, -0.05) is 13.8 Å². The summed E-state index contributed by atoms with van der Waals surface area (Å²) in [5, 5.41) is -0.218. The SMILES string of the molecule is CCC1C(C)C(OC(C)(C)C)CS1(=O)=O. The Labute approximate surface area is 93.1 Å². The van der Waals surface area contributed by atoms with Crippen LogP contribution in [0.1, 0.15) is 41.0 Å². The Bertz CT molecular complexity index is 313. The molecule has 0 aromatic heterocycles. The van der Waals surface area contributed by atoms with Gasteiger partial charge in [-0.05, 0) is 27.2 Å². The lowest BCUT2D eigenvalue weighted by atomic mass is 9.99. The van der Waals surface area contributed by atoms with E-state index in [1.807, 2.05) is 34.6 Å². The molecule has 1 fully saturated rings. The average molecular weight is 234 g/mol. The summed E-state index contributed by atoms with van der Waals surface area (Å²) in [5.41, 5.74) is -0.267. The second kappa shape index (κ2) is 4.06. The summed E-state index contributed by atoms with van der Waals surface area (Å²) < 4.78 is 29.4. The van der Waals surface area contributed by atoms with Crippen molar-refractivity contribution in [1.29, 1.82) is 0 Å². The topological polar surface area (TPSA) is 43.4 Å². The van der Waals surface area contributed by atoms with Crippen molar-refractivity contribution < 1.29 is 13.2 Å². The predicted molar refractivity (Wildman–Crippen MR) is 61.7 cm³/mol. The number of rotatable bonds is 2. The molecule has 1 aliphatic heterocycles. The second-order valence-corrected chi connectivity index (χ2v) is 7.67. The summed E-state index contributed by atoms with van der Waals surface area (Å²) in [7, 11) is -2.93. The lowest BCUT2D eigenvalue weighted by molar-refractivity contribution is -0.0669. The van der Waals surface area contributed by atoms with Crippen molar-refractivity contribution >= 4 is 9.84 Å². The Kier molecular flexibility index (Phi) is 3.51. The van der Waals surface area contributed by atoms with Crippen LogP contribution in [-0.2, 0) is 14.6 Å². The number of ether oxygens (including phenoxy) is 1. The summed E-state index contributed by atoms with van der Waals surface area (Å²) in [6, 6.07) is 0. The van der Waals surface area contributed by atoms with Crippen molar-refractivity contribution in [2.45, 2.75) is 58.0 Å². The molecule has 0 N–H and O–H groups in total. The molecule has 4 heteroatoms. The van der Waals surface area contributed by atoms with Crippen LogP contribution in [0.3, 0.4) is 0 Å². The first-order chi connectivity index (χ1) is 6.67. The van der Waals surface area contributed by atoms with Gasteiger partial charge in [0, 0.05) is 5.92 Å². The zero-order valence-corrected chi connectivity index (χ0v) is 11.1. The average Bonchev–Trinajstić information content (AvgIpc) is 2.18. The summed E-state index contributed by atoms with van der Waals surface area (Å²) in [6.07, 6.45) is 0.549. The van der Waals surface area contributed by atoms with Gasteiger partial charge in [-0.15, -0.1) is 0 Å². The summed E-state index contributed by atoms with van der Waals surface area (Å²) in [5.74, 6) is 0.295. The molecule has 3 atom stereocenters. The zero-order chi connectivity index (χ0) is 11.9. The van der Waals surface area contributed by atoms with Crippen LogP contribution in [0.15, 0.2) is 0 Å². The minimum absolute atomic E-state index is 0.110. The highest BCUT2D eigenvalue weighted by molar-refractivity contribution is 7.92. The van der Waals surface area contributed by atoms with Gasteiger partial charge in [-0.25, -0.2) is 8.42 Å². The predicted octanol–water partition coefficient (Wildman–Crippen LogP) is 2.01. The first-order valence-corrected chi connectivity index (χ1v) is 7.28. The van der Waals surface area contributed by atoms with E-state index in [0.29, 0.717) is 6.42 Å². The Morgan fingerprint density at radius 3 is 2.20 bits per heavy atom. The Balaban J connectivity index is 2.81. The van der Waals surface area contributed by atoms with Crippen LogP contribution in [0.2, 0.25) is 0 Å². The smallest absolute Gasteiger partial charge is 0.156 e. The largest absolute Gasteiger partial charge is 0.371 e. The van der Waals surface area contributed by atoms with Crippen molar-refractivity contribution in [3.63, 3.8) is 0 Å². The van der Waals surface area contributed by atoms with Gasteiger partial charge < -0.3 is 4.74 Å². The van der Waals surface area contributed by atoms with Gasteiger partial charge in [0.1, 0.15) is 0 Å². The fourth-order valence-electron chi connectivity index (χ4n) is 2.29. The maximum atomic E-state index is 11.8. The quantitative estimate of drug-likeness (QED) is 0.734. The van der Waals surface area contributed by atoms with Gasteiger partial charge in [-0.3, -0.25) is 0 Å². The molecule has 0 amide bonds. The molecule has 1 aliphatic rings. The van der Waals surface area contributed by atoms with E-state index in [2.05, 4.69) is 0 Å². The number of hydrogen-bond acceptors (Lipinski definition) is 3. The maximum absolute atomic E-state index is 11.8. The molecule has 0 spiro atoms. The first-order valence-electron chi connectivity index (χ1n) is 5.57. The van der Waals surface area contributed by atoms with E-state index in [4.69, 9.17) is 4.74 Å². The maximum Gasteiger partial charge on any atom is 0.156 e.